The van der Waals surface area contributed by atoms with Crippen LogP contribution in [0.25, 0.3) is 0 Å². The molecule has 0 saturated carbocycles. The van der Waals surface area contributed by atoms with Gasteiger partial charge in [0, 0.05) is 24.8 Å². The SMILES string of the molecule is C[C@@H]1C[C@H](C)CN(c2ns[nH]c2=O)C1. The van der Waals surface area contributed by atoms with Gasteiger partial charge in [-0.2, -0.15) is 4.37 Å². The minimum Gasteiger partial charge on any atom is -0.351 e. The fourth-order valence-electron chi connectivity index (χ4n) is 2.23. The predicted octanol–water partition coefficient (Wildman–Crippen LogP) is 1.31. The van der Waals surface area contributed by atoms with E-state index in [1.165, 1.54) is 6.42 Å². The van der Waals surface area contributed by atoms with Gasteiger partial charge in [0.05, 0.1) is 0 Å². The van der Waals surface area contributed by atoms with Gasteiger partial charge in [-0.1, -0.05) is 13.8 Å². The first kappa shape index (κ1) is 9.71. The summed E-state index contributed by atoms with van der Waals surface area (Å²) in [6.07, 6.45) is 1.25. The fourth-order valence-corrected chi connectivity index (χ4v) is 2.74. The Morgan fingerprint density at radius 1 is 1.43 bits per heavy atom. The molecular formula is C9H15N3OS. The van der Waals surface area contributed by atoms with Crippen LogP contribution >= 0.6 is 11.7 Å². The van der Waals surface area contributed by atoms with Gasteiger partial charge in [-0.3, -0.25) is 9.17 Å². The Bertz CT molecular complexity index is 349. The van der Waals surface area contributed by atoms with Crippen molar-refractivity contribution in [2.45, 2.75) is 20.3 Å². The summed E-state index contributed by atoms with van der Waals surface area (Å²) in [6, 6.07) is 0. The number of nitrogens with one attached hydrogen (secondary N) is 1. The van der Waals surface area contributed by atoms with Gasteiger partial charge >= 0.3 is 5.56 Å². The van der Waals surface area contributed by atoms with Crippen LogP contribution in [-0.2, 0) is 0 Å². The minimum atomic E-state index is -0.0451. The number of piperidine rings is 1. The van der Waals surface area contributed by atoms with E-state index in [1.54, 1.807) is 0 Å². The van der Waals surface area contributed by atoms with Gasteiger partial charge in [0.1, 0.15) is 0 Å². The standard InChI is InChI=1S/C9H15N3OS/c1-6-3-7(2)5-12(4-6)8-9(13)11-14-10-8/h6-7H,3-5H2,1-2H3,(H,11,13)/t6-,7+. The Morgan fingerprint density at radius 3 is 2.57 bits per heavy atom. The molecule has 1 aliphatic rings. The van der Waals surface area contributed by atoms with E-state index in [1.807, 2.05) is 0 Å². The van der Waals surface area contributed by atoms with Gasteiger partial charge in [0.25, 0.3) is 0 Å². The van der Waals surface area contributed by atoms with Crippen molar-refractivity contribution >= 4 is 17.5 Å². The minimum absolute atomic E-state index is 0.0451. The zero-order valence-electron chi connectivity index (χ0n) is 8.49. The topological polar surface area (TPSA) is 49.0 Å². The molecular weight excluding hydrogens is 198 g/mol. The lowest BCUT2D eigenvalue weighted by atomic mass is 9.92. The molecule has 1 N–H and O–H groups in total. The van der Waals surface area contributed by atoms with Crippen molar-refractivity contribution in [3.8, 4) is 0 Å². The van der Waals surface area contributed by atoms with Crippen LogP contribution in [0.3, 0.4) is 0 Å². The third-order valence-electron chi connectivity index (χ3n) is 2.64. The molecule has 2 atom stereocenters. The Kier molecular flexibility index (Phi) is 2.58. The molecule has 1 fully saturated rings. The van der Waals surface area contributed by atoms with E-state index in [9.17, 15) is 4.79 Å². The van der Waals surface area contributed by atoms with Crippen LogP contribution in [0.4, 0.5) is 5.82 Å². The first-order chi connectivity index (χ1) is 6.66. The summed E-state index contributed by atoms with van der Waals surface area (Å²) in [6.45, 7) is 6.36. The number of rotatable bonds is 1. The number of anilines is 1. The van der Waals surface area contributed by atoms with Crippen LogP contribution < -0.4 is 10.5 Å². The quantitative estimate of drug-likeness (QED) is 0.765. The summed E-state index contributed by atoms with van der Waals surface area (Å²) in [4.78, 5) is 13.5. The Hall–Kier alpha value is -0.840. The van der Waals surface area contributed by atoms with Crippen molar-refractivity contribution in [1.82, 2.24) is 8.75 Å². The second-order valence-corrected chi connectivity index (χ2v) is 4.86. The number of nitrogens with zero attached hydrogens (tertiary/aromatic N) is 2. The van der Waals surface area contributed by atoms with E-state index >= 15 is 0 Å². The summed E-state index contributed by atoms with van der Waals surface area (Å²) in [5.74, 6) is 1.91. The van der Waals surface area contributed by atoms with Crippen LogP contribution in [-0.4, -0.2) is 21.8 Å². The van der Waals surface area contributed by atoms with Crippen molar-refractivity contribution in [3.05, 3.63) is 10.4 Å². The Labute approximate surface area is 87.3 Å². The number of H-pyrrole nitrogens is 1. The van der Waals surface area contributed by atoms with Crippen molar-refractivity contribution in [1.29, 1.82) is 0 Å². The maximum Gasteiger partial charge on any atom is 0.302 e. The smallest absolute Gasteiger partial charge is 0.302 e. The molecule has 1 aliphatic heterocycles. The summed E-state index contributed by atoms with van der Waals surface area (Å²) < 4.78 is 6.74. The van der Waals surface area contributed by atoms with Crippen molar-refractivity contribution < 1.29 is 0 Å². The molecule has 1 aromatic heterocycles. The lowest BCUT2D eigenvalue weighted by Crippen LogP contribution is -2.40. The highest BCUT2D eigenvalue weighted by molar-refractivity contribution is 6.99. The number of hydrogen-bond donors (Lipinski definition) is 1. The van der Waals surface area contributed by atoms with E-state index in [4.69, 9.17) is 0 Å². The van der Waals surface area contributed by atoms with Gasteiger partial charge in [0.15, 0.2) is 0 Å². The average Bonchev–Trinajstić information content (AvgIpc) is 2.49. The molecule has 0 spiro atoms. The van der Waals surface area contributed by atoms with Gasteiger partial charge in [-0.25, -0.2) is 0 Å². The molecule has 2 rings (SSSR count). The number of hydrogen-bond acceptors (Lipinski definition) is 4. The molecule has 0 unspecified atom stereocenters. The molecule has 5 heteroatoms. The Morgan fingerprint density at radius 2 is 2.07 bits per heavy atom. The van der Waals surface area contributed by atoms with Crippen LogP contribution in [0, 0.1) is 11.8 Å². The van der Waals surface area contributed by atoms with Gasteiger partial charge in [0.2, 0.25) is 5.82 Å². The number of aromatic amines is 1. The van der Waals surface area contributed by atoms with Gasteiger partial charge in [-0.05, 0) is 18.3 Å². The molecule has 0 amide bonds. The van der Waals surface area contributed by atoms with Crippen LogP contribution in [0.2, 0.25) is 0 Å². The predicted molar refractivity (Wildman–Crippen MR) is 57.9 cm³/mol. The molecule has 0 aliphatic carbocycles. The van der Waals surface area contributed by atoms with Gasteiger partial charge < -0.3 is 4.90 Å². The molecule has 0 aromatic carbocycles. The highest BCUT2D eigenvalue weighted by atomic mass is 32.1. The molecule has 0 bridgehead atoms. The molecule has 14 heavy (non-hydrogen) atoms. The van der Waals surface area contributed by atoms with Crippen molar-refractivity contribution in [2.24, 2.45) is 11.8 Å². The second kappa shape index (κ2) is 3.73. The maximum absolute atomic E-state index is 11.4. The van der Waals surface area contributed by atoms with Crippen LogP contribution in [0.15, 0.2) is 4.79 Å². The normalized spacial score (nSPS) is 28.0. The van der Waals surface area contributed by atoms with E-state index in [0.29, 0.717) is 17.7 Å². The molecule has 4 nitrogen and oxygen atoms in total. The highest BCUT2D eigenvalue weighted by Gasteiger charge is 2.24. The lowest BCUT2D eigenvalue weighted by molar-refractivity contribution is 0.355. The highest BCUT2D eigenvalue weighted by Crippen LogP contribution is 2.23. The van der Waals surface area contributed by atoms with Crippen molar-refractivity contribution in [3.63, 3.8) is 0 Å². The first-order valence-corrected chi connectivity index (χ1v) is 5.73. The molecule has 1 aromatic rings. The molecule has 2 heterocycles. The third kappa shape index (κ3) is 1.82. The first-order valence-electron chi connectivity index (χ1n) is 4.96. The third-order valence-corrected chi connectivity index (χ3v) is 3.18. The molecule has 1 saturated heterocycles. The zero-order chi connectivity index (χ0) is 10.1. The van der Waals surface area contributed by atoms with Gasteiger partial charge in [-0.15, -0.1) is 0 Å². The zero-order valence-corrected chi connectivity index (χ0v) is 9.30. The largest absolute Gasteiger partial charge is 0.351 e. The summed E-state index contributed by atoms with van der Waals surface area (Å²) >= 11 is 1.13. The average molecular weight is 213 g/mol. The van der Waals surface area contributed by atoms with E-state index in [-0.39, 0.29) is 5.56 Å². The summed E-state index contributed by atoms with van der Waals surface area (Å²) in [5.41, 5.74) is -0.0451. The van der Waals surface area contributed by atoms with E-state index < -0.39 is 0 Å². The molecule has 0 radical (unpaired) electrons. The van der Waals surface area contributed by atoms with Crippen LogP contribution in [0.1, 0.15) is 20.3 Å². The summed E-state index contributed by atoms with van der Waals surface area (Å²) in [5, 5.41) is 0. The molecule has 78 valence electrons. The van der Waals surface area contributed by atoms with E-state index in [2.05, 4.69) is 27.5 Å². The van der Waals surface area contributed by atoms with Crippen LogP contribution in [0.5, 0.6) is 0 Å². The Balaban J connectivity index is 2.19. The second-order valence-electron chi connectivity index (χ2n) is 4.29. The van der Waals surface area contributed by atoms with Crippen molar-refractivity contribution in [2.75, 3.05) is 18.0 Å². The summed E-state index contributed by atoms with van der Waals surface area (Å²) in [7, 11) is 0. The fraction of sp³-hybridized carbons (Fsp3) is 0.778. The monoisotopic (exact) mass is 213 g/mol. The van der Waals surface area contributed by atoms with E-state index in [0.717, 1.165) is 24.8 Å². The number of aromatic nitrogens is 2. The lowest BCUT2D eigenvalue weighted by Gasteiger charge is -2.34. The maximum atomic E-state index is 11.4.